The Balaban J connectivity index is 2.01. The first-order valence-corrected chi connectivity index (χ1v) is 6.26. The maximum Gasteiger partial charge on any atom is 0.243 e. The number of hydrogen-bond acceptors (Lipinski definition) is 2. The molecule has 0 spiro atoms. The van der Waals surface area contributed by atoms with Gasteiger partial charge >= 0.3 is 0 Å². The van der Waals surface area contributed by atoms with Gasteiger partial charge in [-0.15, -0.1) is 11.6 Å². The summed E-state index contributed by atoms with van der Waals surface area (Å²) in [6, 6.07) is 0. The van der Waals surface area contributed by atoms with Gasteiger partial charge in [0.1, 0.15) is 11.7 Å². The number of aromatic nitrogens is 2. The van der Waals surface area contributed by atoms with Gasteiger partial charge in [-0.2, -0.15) is 5.10 Å². The smallest absolute Gasteiger partial charge is 0.243 e. The number of carbonyl (C=O) groups is 1. The van der Waals surface area contributed by atoms with Gasteiger partial charge in [0.15, 0.2) is 0 Å². The molecule has 1 aromatic rings. The van der Waals surface area contributed by atoms with Crippen LogP contribution in [0, 0.1) is 0 Å². The summed E-state index contributed by atoms with van der Waals surface area (Å²) in [6.45, 7) is 1.69. The number of aryl methyl sites for hydroxylation is 1. The Bertz CT molecular complexity index is 425. The molecule has 0 atom stereocenters. The minimum atomic E-state index is -0.00924. The van der Waals surface area contributed by atoms with E-state index in [-0.39, 0.29) is 11.8 Å². The molecule has 1 fully saturated rings. The van der Waals surface area contributed by atoms with Crippen molar-refractivity contribution in [2.75, 3.05) is 17.3 Å². The minimum absolute atomic E-state index is 0.00924. The maximum atomic E-state index is 11.8. The van der Waals surface area contributed by atoms with Crippen molar-refractivity contribution >= 4 is 23.3 Å². The molecular formula is C11H14ClN3O. The van der Waals surface area contributed by atoms with E-state index in [2.05, 4.69) is 5.10 Å². The van der Waals surface area contributed by atoms with Gasteiger partial charge in [0, 0.05) is 18.7 Å². The predicted octanol–water partition coefficient (Wildman–Crippen LogP) is 1.74. The van der Waals surface area contributed by atoms with E-state index >= 15 is 0 Å². The van der Waals surface area contributed by atoms with Crippen molar-refractivity contribution in [1.82, 2.24) is 9.78 Å². The zero-order valence-corrected chi connectivity index (χ0v) is 9.78. The van der Waals surface area contributed by atoms with Crippen molar-refractivity contribution in [3.05, 3.63) is 11.8 Å². The highest BCUT2D eigenvalue weighted by atomic mass is 35.5. The fraction of sp³-hybridized carbons (Fsp3) is 0.636. The third-order valence-corrected chi connectivity index (χ3v) is 3.51. The predicted molar refractivity (Wildman–Crippen MR) is 61.9 cm³/mol. The normalized spacial score (nSPS) is 19.7. The van der Waals surface area contributed by atoms with E-state index in [0.29, 0.717) is 5.92 Å². The highest BCUT2D eigenvalue weighted by Crippen LogP contribution is 2.45. The summed E-state index contributed by atoms with van der Waals surface area (Å²) in [6.07, 6.45) is 5.33. The Kier molecular flexibility index (Phi) is 2.39. The van der Waals surface area contributed by atoms with Crippen LogP contribution in [0.5, 0.6) is 0 Å². The number of rotatable bonds is 2. The van der Waals surface area contributed by atoms with E-state index in [9.17, 15) is 4.79 Å². The van der Waals surface area contributed by atoms with Crippen LogP contribution in [-0.4, -0.2) is 28.1 Å². The Hall–Kier alpha value is -1.03. The standard InChI is InChI=1S/C11H14ClN3O/c12-6-10(16)14-4-1-5-15-11(14)9(7-13-15)8-2-3-8/h7-8H,1-6H2. The van der Waals surface area contributed by atoms with E-state index in [1.165, 1.54) is 18.4 Å². The van der Waals surface area contributed by atoms with Gasteiger partial charge in [0.2, 0.25) is 5.91 Å². The van der Waals surface area contributed by atoms with Crippen LogP contribution in [0.1, 0.15) is 30.7 Å². The van der Waals surface area contributed by atoms with Crippen LogP contribution in [0.25, 0.3) is 0 Å². The third kappa shape index (κ3) is 1.52. The number of alkyl halides is 1. The van der Waals surface area contributed by atoms with Crippen molar-refractivity contribution in [3.63, 3.8) is 0 Å². The first-order valence-electron chi connectivity index (χ1n) is 5.73. The van der Waals surface area contributed by atoms with Gasteiger partial charge in [0.05, 0.1) is 6.20 Å². The van der Waals surface area contributed by atoms with Crippen molar-refractivity contribution in [3.8, 4) is 0 Å². The number of amides is 1. The van der Waals surface area contributed by atoms with Gasteiger partial charge in [-0.3, -0.25) is 9.69 Å². The molecule has 0 aromatic carbocycles. The molecule has 1 aliphatic carbocycles. The molecule has 0 radical (unpaired) electrons. The van der Waals surface area contributed by atoms with E-state index < -0.39 is 0 Å². The lowest BCUT2D eigenvalue weighted by atomic mass is 10.2. The monoisotopic (exact) mass is 239 g/mol. The van der Waals surface area contributed by atoms with E-state index in [1.54, 1.807) is 4.90 Å². The summed E-state index contributed by atoms with van der Waals surface area (Å²) in [7, 11) is 0. The first kappa shape index (κ1) is 10.1. The molecule has 1 aliphatic heterocycles. The second-order valence-electron chi connectivity index (χ2n) is 4.45. The summed E-state index contributed by atoms with van der Waals surface area (Å²) < 4.78 is 1.95. The molecule has 16 heavy (non-hydrogen) atoms. The van der Waals surface area contributed by atoms with E-state index in [4.69, 9.17) is 11.6 Å². The largest absolute Gasteiger partial charge is 0.296 e. The highest BCUT2D eigenvalue weighted by Gasteiger charge is 2.33. The average molecular weight is 240 g/mol. The lowest BCUT2D eigenvalue weighted by Crippen LogP contribution is -2.38. The van der Waals surface area contributed by atoms with Gasteiger partial charge in [-0.05, 0) is 25.2 Å². The summed E-state index contributed by atoms with van der Waals surface area (Å²) in [4.78, 5) is 13.6. The third-order valence-electron chi connectivity index (χ3n) is 3.28. The van der Waals surface area contributed by atoms with E-state index in [1.807, 2.05) is 10.9 Å². The molecule has 1 aromatic heterocycles. The summed E-state index contributed by atoms with van der Waals surface area (Å²) in [5.74, 6) is 1.66. The summed E-state index contributed by atoms with van der Waals surface area (Å²) >= 11 is 5.65. The van der Waals surface area contributed by atoms with Gasteiger partial charge in [0.25, 0.3) is 0 Å². The maximum absolute atomic E-state index is 11.8. The molecule has 3 rings (SSSR count). The van der Waals surface area contributed by atoms with Crippen molar-refractivity contribution in [2.45, 2.75) is 31.7 Å². The lowest BCUT2D eigenvalue weighted by molar-refractivity contribution is -0.116. The minimum Gasteiger partial charge on any atom is -0.296 e. The summed E-state index contributed by atoms with van der Waals surface area (Å²) in [5, 5.41) is 4.36. The second-order valence-corrected chi connectivity index (χ2v) is 4.72. The number of halogens is 1. The molecule has 2 aliphatic rings. The molecule has 0 N–H and O–H groups in total. The molecule has 0 bridgehead atoms. The van der Waals surface area contributed by atoms with Crippen molar-refractivity contribution in [2.24, 2.45) is 0 Å². The Morgan fingerprint density at radius 1 is 1.50 bits per heavy atom. The topological polar surface area (TPSA) is 38.1 Å². The molecule has 1 amide bonds. The molecule has 2 heterocycles. The van der Waals surface area contributed by atoms with Gasteiger partial charge in [-0.25, -0.2) is 4.68 Å². The number of carbonyl (C=O) groups excluding carboxylic acids is 1. The molecule has 4 nitrogen and oxygen atoms in total. The highest BCUT2D eigenvalue weighted by molar-refractivity contribution is 6.29. The number of hydrogen-bond donors (Lipinski definition) is 0. The van der Waals surface area contributed by atoms with Crippen LogP contribution in [0.3, 0.4) is 0 Å². The summed E-state index contributed by atoms with van der Waals surface area (Å²) in [5.41, 5.74) is 1.23. The Morgan fingerprint density at radius 3 is 3.00 bits per heavy atom. The lowest BCUT2D eigenvalue weighted by Gasteiger charge is -2.28. The second kappa shape index (κ2) is 3.77. The van der Waals surface area contributed by atoms with Crippen LogP contribution in [-0.2, 0) is 11.3 Å². The Morgan fingerprint density at radius 2 is 2.31 bits per heavy atom. The zero-order valence-electron chi connectivity index (χ0n) is 9.03. The molecule has 5 heteroatoms. The molecule has 86 valence electrons. The van der Waals surface area contributed by atoms with Crippen LogP contribution in [0.2, 0.25) is 0 Å². The zero-order chi connectivity index (χ0) is 11.1. The number of anilines is 1. The SMILES string of the molecule is O=C(CCl)N1CCCn2ncc(C3CC3)c21. The van der Waals surface area contributed by atoms with Crippen LogP contribution >= 0.6 is 11.6 Å². The fourth-order valence-electron chi connectivity index (χ4n) is 2.33. The Labute approximate surface area is 99.2 Å². The van der Waals surface area contributed by atoms with Gasteiger partial charge in [-0.1, -0.05) is 0 Å². The van der Waals surface area contributed by atoms with Crippen LogP contribution < -0.4 is 4.90 Å². The average Bonchev–Trinajstić information content (AvgIpc) is 3.07. The van der Waals surface area contributed by atoms with E-state index in [0.717, 1.165) is 25.3 Å². The first-order chi connectivity index (χ1) is 7.81. The van der Waals surface area contributed by atoms with Crippen molar-refractivity contribution in [1.29, 1.82) is 0 Å². The number of fused-ring (bicyclic) bond motifs is 1. The molecule has 0 saturated heterocycles. The van der Waals surface area contributed by atoms with Crippen LogP contribution in [0.15, 0.2) is 6.20 Å². The molecule has 1 saturated carbocycles. The fourth-order valence-corrected chi connectivity index (χ4v) is 2.48. The quantitative estimate of drug-likeness (QED) is 0.738. The van der Waals surface area contributed by atoms with Crippen molar-refractivity contribution < 1.29 is 4.79 Å². The molecular weight excluding hydrogens is 226 g/mol. The molecule has 0 unspecified atom stereocenters. The van der Waals surface area contributed by atoms with Gasteiger partial charge < -0.3 is 0 Å². The number of nitrogens with zero attached hydrogens (tertiary/aromatic N) is 3. The van der Waals surface area contributed by atoms with Crippen LogP contribution in [0.4, 0.5) is 5.82 Å².